The van der Waals surface area contributed by atoms with Gasteiger partial charge in [-0.05, 0) is 12.1 Å². The summed E-state index contributed by atoms with van der Waals surface area (Å²) in [5.74, 6) is -1.56. The Bertz CT molecular complexity index is 382. The Hall–Kier alpha value is -2.18. The molecular weight excluding hydrogens is 224 g/mol. The van der Waals surface area contributed by atoms with Gasteiger partial charge in [-0.15, -0.1) is 0 Å². The van der Waals surface area contributed by atoms with Crippen LogP contribution < -0.4 is 10.6 Å². The Morgan fingerprint density at radius 2 is 2.24 bits per heavy atom. The molecule has 1 aromatic rings. The zero-order chi connectivity index (χ0) is 12.7. The van der Waals surface area contributed by atoms with E-state index in [2.05, 4.69) is 20.8 Å². The number of carboxylic acids is 1. The number of carbonyl (C=O) groups is 2. The molecule has 0 aromatic carbocycles. The highest BCUT2D eigenvalue weighted by Gasteiger charge is 2.11. The van der Waals surface area contributed by atoms with Gasteiger partial charge in [0, 0.05) is 12.7 Å². The minimum atomic E-state index is -0.945. The van der Waals surface area contributed by atoms with Crippen molar-refractivity contribution >= 4 is 12.0 Å². The van der Waals surface area contributed by atoms with Crippen LogP contribution in [0.15, 0.2) is 18.3 Å². The van der Waals surface area contributed by atoms with E-state index in [1.54, 1.807) is 12.1 Å². The highest BCUT2D eigenvalue weighted by molar-refractivity contribution is 5.75. The number of carboxylic acid groups (broad SMARTS) is 1. The summed E-state index contributed by atoms with van der Waals surface area (Å²) in [6.45, 7) is 1.86. The first-order valence-corrected chi connectivity index (χ1v) is 5.10. The summed E-state index contributed by atoms with van der Waals surface area (Å²) in [5, 5.41) is 21.1. The van der Waals surface area contributed by atoms with Crippen LogP contribution >= 0.6 is 0 Å². The average Bonchev–Trinajstić information content (AvgIpc) is 2.34. The van der Waals surface area contributed by atoms with Gasteiger partial charge >= 0.3 is 12.0 Å². The number of urea groups is 1. The van der Waals surface area contributed by atoms with Crippen LogP contribution in [0.25, 0.3) is 0 Å². The standard InChI is InChI=1S/C10H14N4O3/c1-7(9(15)16)5-11-10(17)12-6-8-3-2-4-13-14-8/h2-4,7H,5-6H2,1H3,(H,15,16)(H2,11,12,17). The number of amides is 2. The smallest absolute Gasteiger partial charge is 0.315 e. The van der Waals surface area contributed by atoms with E-state index in [1.165, 1.54) is 13.1 Å². The van der Waals surface area contributed by atoms with Crippen LogP contribution in [-0.2, 0) is 11.3 Å². The zero-order valence-electron chi connectivity index (χ0n) is 9.38. The van der Waals surface area contributed by atoms with E-state index in [1.807, 2.05) is 0 Å². The number of carbonyl (C=O) groups excluding carboxylic acids is 1. The maximum absolute atomic E-state index is 11.3. The second kappa shape index (κ2) is 6.41. The van der Waals surface area contributed by atoms with Crippen LogP contribution in [-0.4, -0.2) is 33.8 Å². The van der Waals surface area contributed by atoms with Crippen LogP contribution in [0.1, 0.15) is 12.6 Å². The third kappa shape index (κ3) is 4.92. The van der Waals surface area contributed by atoms with Crippen molar-refractivity contribution in [2.75, 3.05) is 6.54 Å². The zero-order valence-corrected chi connectivity index (χ0v) is 9.38. The molecule has 0 aliphatic heterocycles. The number of aliphatic carboxylic acids is 1. The fraction of sp³-hybridized carbons (Fsp3) is 0.400. The van der Waals surface area contributed by atoms with Gasteiger partial charge in [-0.3, -0.25) is 4.79 Å². The number of aromatic nitrogens is 2. The highest BCUT2D eigenvalue weighted by atomic mass is 16.4. The predicted octanol–water partition coefficient (Wildman–Crippen LogP) is -0.00350. The van der Waals surface area contributed by atoms with Crippen LogP contribution in [0.3, 0.4) is 0 Å². The molecule has 0 fully saturated rings. The van der Waals surface area contributed by atoms with Gasteiger partial charge < -0.3 is 15.7 Å². The Labute approximate surface area is 98.2 Å². The van der Waals surface area contributed by atoms with E-state index in [0.717, 1.165) is 0 Å². The molecule has 7 nitrogen and oxygen atoms in total. The molecule has 0 aliphatic rings. The predicted molar refractivity (Wildman–Crippen MR) is 59.1 cm³/mol. The summed E-state index contributed by atoms with van der Waals surface area (Å²) >= 11 is 0. The molecule has 0 bridgehead atoms. The Kier molecular flexibility index (Phi) is 4.86. The van der Waals surface area contributed by atoms with Gasteiger partial charge in [0.15, 0.2) is 0 Å². The number of nitrogens with one attached hydrogen (secondary N) is 2. The fourth-order valence-corrected chi connectivity index (χ4v) is 0.994. The number of hydrogen-bond acceptors (Lipinski definition) is 4. The van der Waals surface area contributed by atoms with E-state index >= 15 is 0 Å². The van der Waals surface area contributed by atoms with Crippen molar-refractivity contribution < 1.29 is 14.7 Å². The van der Waals surface area contributed by atoms with Crippen molar-refractivity contribution in [3.63, 3.8) is 0 Å². The molecule has 92 valence electrons. The maximum atomic E-state index is 11.3. The molecule has 0 saturated carbocycles. The fourth-order valence-electron chi connectivity index (χ4n) is 0.994. The molecule has 1 aromatic heterocycles. The first kappa shape index (κ1) is 12.9. The average molecular weight is 238 g/mol. The van der Waals surface area contributed by atoms with Gasteiger partial charge in [0.2, 0.25) is 0 Å². The van der Waals surface area contributed by atoms with Crippen molar-refractivity contribution in [1.82, 2.24) is 20.8 Å². The van der Waals surface area contributed by atoms with Crippen LogP contribution in [0.5, 0.6) is 0 Å². The minimum absolute atomic E-state index is 0.0850. The van der Waals surface area contributed by atoms with Gasteiger partial charge in [-0.25, -0.2) is 4.79 Å². The molecule has 17 heavy (non-hydrogen) atoms. The maximum Gasteiger partial charge on any atom is 0.315 e. The molecule has 0 radical (unpaired) electrons. The number of nitrogens with zero attached hydrogens (tertiary/aromatic N) is 2. The monoisotopic (exact) mass is 238 g/mol. The van der Waals surface area contributed by atoms with E-state index in [9.17, 15) is 9.59 Å². The highest BCUT2D eigenvalue weighted by Crippen LogP contribution is 1.92. The lowest BCUT2D eigenvalue weighted by Crippen LogP contribution is -2.39. The molecule has 2 amide bonds. The summed E-state index contributed by atoms with van der Waals surface area (Å²) in [5.41, 5.74) is 0.633. The van der Waals surface area contributed by atoms with E-state index in [0.29, 0.717) is 5.69 Å². The summed E-state index contributed by atoms with van der Waals surface area (Å²) in [4.78, 5) is 21.8. The quantitative estimate of drug-likeness (QED) is 0.669. The van der Waals surface area contributed by atoms with Crippen molar-refractivity contribution in [3.05, 3.63) is 24.0 Å². The van der Waals surface area contributed by atoms with E-state index < -0.39 is 17.9 Å². The minimum Gasteiger partial charge on any atom is -0.481 e. The lowest BCUT2D eigenvalue weighted by molar-refractivity contribution is -0.140. The molecule has 0 saturated heterocycles. The van der Waals surface area contributed by atoms with E-state index in [-0.39, 0.29) is 13.1 Å². The van der Waals surface area contributed by atoms with Crippen molar-refractivity contribution in [1.29, 1.82) is 0 Å². The molecule has 1 unspecified atom stereocenters. The Morgan fingerprint density at radius 3 is 2.82 bits per heavy atom. The molecule has 1 atom stereocenters. The molecule has 0 aliphatic carbocycles. The summed E-state index contributed by atoms with van der Waals surface area (Å²) < 4.78 is 0. The van der Waals surface area contributed by atoms with Crippen LogP contribution in [0.2, 0.25) is 0 Å². The van der Waals surface area contributed by atoms with Crippen LogP contribution in [0.4, 0.5) is 4.79 Å². The normalized spacial score (nSPS) is 11.6. The van der Waals surface area contributed by atoms with Crippen molar-refractivity contribution in [2.24, 2.45) is 5.92 Å². The van der Waals surface area contributed by atoms with E-state index in [4.69, 9.17) is 5.11 Å². The number of rotatable bonds is 5. The van der Waals surface area contributed by atoms with Gasteiger partial charge in [-0.1, -0.05) is 6.92 Å². The Morgan fingerprint density at radius 1 is 1.47 bits per heavy atom. The SMILES string of the molecule is CC(CNC(=O)NCc1cccnn1)C(=O)O. The summed E-state index contributed by atoms with van der Waals surface area (Å²) in [7, 11) is 0. The van der Waals surface area contributed by atoms with Crippen molar-refractivity contribution in [2.45, 2.75) is 13.5 Å². The van der Waals surface area contributed by atoms with Gasteiger partial charge in [-0.2, -0.15) is 10.2 Å². The molecule has 1 heterocycles. The molecule has 1 rings (SSSR count). The second-order valence-corrected chi connectivity index (χ2v) is 3.52. The molecule has 3 N–H and O–H groups in total. The van der Waals surface area contributed by atoms with Gasteiger partial charge in [0.1, 0.15) is 0 Å². The van der Waals surface area contributed by atoms with Gasteiger partial charge in [0.05, 0.1) is 18.2 Å². The van der Waals surface area contributed by atoms with Crippen molar-refractivity contribution in [3.8, 4) is 0 Å². The molecule has 7 heteroatoms. The largest absolute Gasteiger partial charge is 0.481 e. The lowest BCUT2D eigenvalue weighted by Gasteiger charge is -2.09. The van der Waals surface area contributed by atoms with Gasteiger partial charge in [0.25, 0.3) is 0 Å². The van der Waals surface area contributed by atoms with Crippen LogP contribution in [0, 0.1) is 5.92 Å². The first-order valence-electron chi connectivity index (χ1n) is 5.10. The lowest BCUT2D eigenvalue weighted by atomic mass is 10.2. The topological polar surface area (TPSA) is 104 Å². The summed E-state index contributed by atoms with van der Waals surface area (Å²) in [6, 6.07) is 3.02. The molecule has 0 spiro atoms. The molecular formula is C10H14N4O3. The number of hydrogen-bond donors (Lipinski definition) is 3. The second-order valence-electron chi connectivity index (χ2n) is 3.52. The third-order valence-corrected chi connectivity index (χ3v) is 2.05. The summed E-state index contributed by atoms with van der Waals surface area (Å²) in [6.07, 6.45) is 1.54. The first-order chi connectivity index (χ1) is 8.09. The third-order valence-electron chi connectivity index (χ3n) is 2.05. The Balaban J connectivity index is 2.24.